The first-order chi connectivity index (χ1) is 22.9. The van der Waals surface area contributed by atoms with Crippen LogP contribution in [0.5, 0.6) is 0 Å². The van der Waals surface area contributed by atoms with E-state index in [1.54, 1.807) is 0 Å². The number of aryl methyl sites for hydroxylation is 2. The van der Waals surface area contributed by atoms with E-state index in [1.165, 1.54) is 119 Å². The first-order valence-corrected chi connectivity index (χ1v) is 19.6. The molecular formula is C40H63N3O4. The van der Waals surface area contributed by atoms with E-state index < -0.39 is 30.6 Å². The Balaban J connectivity index is 1.23. The van der Waals surface area contributed by atoms with Gasteiger partial charge < -0.3 is 20.1 Å². The normalized spacial score (nSPS) is 37.7. The van der Waals surface area contributed by atoms with Crippen LogP contribution >= 0.6 is 0 Å². The molecule has 3 saturated heterocycles. The van der Waals surface area contributed by atoms with E-state index in [0.717, 1.165) is 38.0 Å². The monoisotopic (exact) mass is 649 g/mol. The molecule has 0 aromatic heterocycles. The van der Waals surface area contributed by atoms with E-state index in [2.05, 4.69) is 40.8 Å². The van der Waals surface area contributed by atoms with E-state index in [9.17, 15) is 15.3 Å². The van der Waals surface area contributed by atoms with Crippen LogP contribution in [-0.4, -0.2) is 81.1 Å². The summed E-state index contributed by atoms with van der Waals surface area (Å²) >= 11 is 0. The molecule has 3 unspecified atom stereocenters. The highest BCUT2D eigenvalue weighted by atomic mass is 16.6. The Hall–Kier alpha value is -1.32. The summed E-state index contributed by atoms with van der Waals surface area (Å²) in [5.41, 5.74) is 4.55. The molecule has 3 aliphatic carbocycles. The fraction of sp³-hybridized carbons (Fsp3) is 0.800. The molecule has 1 aromatic carbocycles. The number of hydrogen-bond acceptors (Lipinski definition) is 7. The van der Waals surface area contributed by atoms with E-state index in [1.807, 2.05) is 6.07 Å². The molecule has 6 aliphatic rings. The molecule has 2 saturated carbocycles. The average molecular weight is 650 g/mol. The van der Waals surface area contributed by atoms with Gasteiger partial charge in [0.1, 0.15) is 30.6 Å². The lowest BCUT2D eigenvalue weighted by molar-refractivity contribution is -0.179. The van der Waals surface area contributed by atoms with Crippen molar-refractivity contribution in [1.82, 2.24) is 15.1 Å². The third kappa shape index (κ3) is 6.53. The smallest absolute Gasteiger partial charge is 0.141 e. The van der Waals surface area contributed by atoms with Crippen LogP contribution in [-0.2, 0) is 17.6 Å². The van der Waals surface area contributed by atoms with E-state index in [0.29, 0.717) is 12.0 Å². The minimum absolute atomic E-state index is 0.0524. The van der Waals surface area contributed by atoms with Crippen LogP contribution in [0.15, 0.2) is 30.4 Å². The Morgan fingerprint density at radius 3 is 2.06 bits per heavy atom. The van der Waals surface area contributed by atoms with Crippen molar-refractivity contribution < 1.29 is 20.1 Å². The number of benzene rings is 1. The summed E-state index contributed by atoms with van der Waals surface area (Å²) in [6.45, 7) is 8.43. The van der Waals surface area contributed by atoms with Gasteiger partial charge in [-0.2, -0.15) is 0 Å². The summed E-state index contributed by atoms with van der Waals surface area (Å²) in [7, 11) is 0. The molecule has 3 heterocycles. The third-order valence-electron chi connectivity index (χ3n) is 13.5. The van der Waals surface area contributed by atoms with Crippen molar-refractivity contribution in [1.29, 1.82) is 0 Å². The van der Waals surface area contributed by atoms with Gasteiger partial charge in [0.05, 0.1) is 12.8 Å². The van der Waals surface area contributed by atoms with E-state index in [-0.39, 0.29) is 17.6 Å². The van der Waals surface area contributed by atoms with Crippen LogP contribution in [0, 0.1) is 11.3 Å². The summed E-state index contributed by atoms with van der Waals surface area (Å²) in [6, 6.07) is 6.81. The van der Waals surface area contributed by atoms with Gasteiger partial charge in [0, 0.05) is 24.0 Å². The van der Waals surface area contributed by atoms with Gasteiger partial charge in [-0.25, -0.2) is 0 Å². The number of hydrogen-bond donors (Lipinski definition) is 4. The van der Waals surface area contributed by atoms with Gasteiger partial charge in [-0.15, -0.1) is 0 Å². The molecule has 3 aliphatic heterocycles. The van der Waals surface area contributed by atoms with Crippen molar-refractivity contribution in [2.75, 3.05) is 13.2 Å². The molecule has 0 amide bonds. The van der Waals surface area contributed by atoms with Gasteiger partial charge in [0.25, 0.3) is 0 Å². The first-order valence-electron chi connectivity index (χ1n) is 19.6. The number of aliphatic hydroxyl groups is 3. The fourth-order valence-corrected chi connectivity index (χ4v) is 11.0. The Kier molecular flexibility index (Phi) is 10.8. The predicted molar refractivity (Wildman–Crippen MR) is 187 cm³/mol. The quantitative estimate of drug-likeness (QED) is 0.268. The molecule has 0 radical (unpaired) electrons. The molecule has 1 aromatic rings. The Bertz CT molecular complexity index is 1210. The van der Waals surface area contributed by atoms with Crippen molar-refractivity contribution in [3.63, 3.8) is 0 Å². The molecule has 7 heteroatoms. The van der Waals surface area contributed by atoms with Gasteiger partial charge >= 0.3 is 0 Å². The molecule has 4 N–H and O–H groups in total. The van der Waals surface area contributed by atoms with Crippen molar-refractivity contribution >= 4 is 0 Å². The third-order valence-corrected chi connectivity index (χ3v) is 13.5. The molecule has 0 spiro atoms. The second-order valence-corrected chi connectivity index (χ2v) is 16.3. The minimum Gasteiger partial charge on any atom is -0.387 e. The zero-order valence-corrected chi connectivity index (χ0v) is 29.1. The van der Waals surface area contributed by atoms with Gasteiger partial charge in [-0.1, -0.05) is 107 Å². The second kappa shape index (κ2) is 14.9. The summed E-state index contributed by atoms with van der Waals surface area (Å²) in [4.78, 5) is 5.24. The van der Waals surface area contributed by atoms with Crippen LogP contribution in [0.3, 0.4) is 0 Å². The number of ether oxygens (including phenoxy) is 1. The van der Waals surface area contributed by atoms with Gasteiger partial charge in [0.2, 0.25) is 0 Å². The van der Waals surface area contributed by atoms with Crippen molar-refractivity contribution in [3.05, 3.63) is 47.0 Å². The summed E-state index contributed by atoms with van der Waals surface area (Å²) in [5.74, 6) is 0.557. The van der Waals surface area contributed by atoms with Crippen LogP contribution in [0.25, 0.3) is 0 Å². The summed E-state index contributed by atoms with van der Waals surface area (Å²) in [5, 5.41) is 39.0. The van der Waals surface area contributed by atoms with Gasteiger partial charge in [-0.05, 0) is 74.5 Å². The number of rotatable bonds is 6. The topological polar surface area (TPSA) is 88.4 Å². The van der Waals surface area contributed by atoms with E-state index >= 15 is 0 Å². The highest BCUT2D eigenvalue weighted by Gasteiger charge is 2.64. The molecule has 7 nitrogen and oxygen atoms in total. The molecular weight excluding hydrogens is 586 g/mol. The highest BCUT2D eigenvalue weighted by Crippen LogP contribution is 2.56. The van der Waals surface area contributed by atoms with E-state index in [4.69, 9.17) is 4.74 Å². The van der Waals surface area contributed by atoms with Gasteiger partial charge in [0.15, 0.2) is 0 Å². The average Bonchev–Trinajstić information content (AvgIpc) is 3.57. The fourth-order valence-electron chi connectivity index (χ4n) is 11.0. The Morgan fingerprint density at radius 2 is 1.47 bits per heavy atom. The standard InChI is InChI=1S/C40H63N3O4/c1-27(2)37-40(31-15-11-7-6-8-12-16-31)23-24-42(39(40)43(26-41-37)32-17-13-9-4-3-5-10-14-18-32)38-35(46)34(45)36(47-38)33(44)30-22-20-28-19-21-29(28)25-30/h20,22,25,31-39,41,44-46H,1,3-19,21,23-24,26H2,2H3/t33-,34+,35-,36-,37?,38-,39?,40?/m1/s1. The minimum atomic E-state index is -1.15. The highest BCUT2D eigenvalue weighted by molar-refractivity contribution is 5.39. The van der Waals surface area contributed by atoms with Crippen molar-refractivity contribution in [3.8, 4) is 0 Å². The largest absolute Gasteiger partial charge is 0.387 e. The van der Waals surface area contributed by atoms with Gasteiger partial charge in [-0.3, -0.25) is 15.1 Å². The molecule has 7 rings (SSSR count). The Labute approximate surface area is 284 Å². The SMILES string of the molecule is C=C(C)C1NCN(C2CCCCCCCCC2)C2N([C@@H]3O[C@H]([C@H](O)c4ccc5c(c4)CC5)[C@@H](O)[C@H]3O)CCC12C1CCCCCCC1. The number of aliphatic hydroxyl groups excluding tert-OH is 3. The molecule has 47 heavy (non-hydrogen) atoms. The summed E-state index contributed by atoms with van der Waals surface area (Å²) < 4.78 is 6.72. The second-order valence-electron chi connectivity index (χ2n) is 16.3. The van der Waals surface area contributed by atoms with Crippen LogP contribution < -0.4 is 5.32 Å². The Morgan fingerprint density at radius 1 is 0.851 bits per heavy atom. The molecule has 0 bridgehead atoms. The number of nitrogens with one attached hydrogen (secondary N) is 1. The first kappa shape index (κ1) is 34.1. The van der Waals surface area contributed by atoms with Crippen LogP contribution in [0.1, 0.15) is 139 Å². The maximum atomic E-state index is 11.8. The zero-order chi connectivity index (χ0) is 32.5. The predicted octanol–water partition coefficient (Wildman–Crippen LogP) is 6.34. The van der Waals surface area contributed by atoms with Crippen LogP contribution in [0.2, 0.25) is 0 Å². The lowest BCUT2D eigenvalue weighted by Gasteiger charge is -2.59. The van der Waals surface area contributed by atoms with Crippen molar-refractivity contribution in [2.24, 2.45) is 11.3 Å². The number of likely N-dealkylation sites (tertiary alicyclic amines) is 1. The lowest BCUT2D eigenvalue weighted by atomic mass is 9.60. The number of fused-ring (bicyclic) bond motifs is 2. The summed E-state index contributed by atoms with van der Waals surface area (Å²) in [6.07, 6.45) is 19.1. The zero-order valence-electron chi connectivity index (χ0n) is 29.1. The van der Waals surface area contributed by atoms with Crippen molar-refractivity contribution in [2.45, 2.75) is 178 Å². The molecule has 262 valence electrons. The maximum absolute atomic E-state index is 11.8. The molecule has 8 atom stereocenters. The lowest BCUT2D eigenvalue weighted by Crippen LogP contribution is -2.72. The van der Waals surface area contributed by atoms with Crippen LogP contribution in [0.4, 0.5) is 0 Å². The maximum Gasteiger partial charge on any atom is 0.141 e. The number of nitrogens with zero attached hydrogens (tertiary/aromatic N) is 2. The molecule has 5 fully saturated rings.